The molecule has 118 valence electrons. The van der Waals surface area contributed by atoms with Gasteiger partial charge in [-0.1, -0.05) is 31.0 Å². The van der Waals surface area contributed by atoms with Crippen LogP contribution in [0.5, 0.6) is 0 Å². The highest BCUT2D eigenvalue weighted by Gasteiger charge is 2.34. The summed E-state index contributed by atoms with van der Waals surface area (Å²) in [4.78, 5) is 14.5. The first kappa shape index (κ1) is 15.1. The van der Waals surface area contributed by atoms with Crippen molar-refractivity contribution in [3.63, 3.8) is 0 Å². The molecule has 0 atom stereocenters. The van der Waals surface area contributed by atoms with Crippen molar-refractivity contribution in [2.45, 2.75) is 44.8 Å². The monoisotopic (exact) mass is 300 g/mol. The molecule has 0 bridgehead atoms. The van der Waals surface area contributed by atoms with Crippen molar-refractivity contribution < 1.29 is 9.90 Å². The van der Waals surface area contributed by atoms with Crippen molar-refractivity contribution in [1.82, 2.24) is 9.47 Å². The number of likely N-dealkylation sites (N-methyl/N-ethyl adjacent to an activating group) is 1. The average Bonchev–Trinajstić information content (AvgIpc) is 3.09. The van der Waals surface area contributed by atoms with Gasteiger partial charge in [0, 0.05) is 31.0 Å². The van der Waals surface area contributed by atoms with E-state index in [0.717, 1.165) is 43.1 Å². The molecule has 1 saturated carbocycles. The normalized spacial score (nSPS) is 17.0. The standard InChI is InChI=1S/C18H24N2O2/c1-3-20-15-9-5-4-8-14(15)12-16(20)17(21)19(2)13-18(22)10-6-7-11-18/h4-5,8-9,12,22H,3,6-7,10-11,13H2,1-2H3. The average molecular weight is 300 g/mol. The Morgan fingerprint density at radius 1 is 1.32 bits per heavy atom. The SMILES string of the molecule is CCn1c(C(=O)N(C)CC2(O)CCCC2)cc2ccccc21. The number of aryl methyl sites for hydroxylation is 1. The lowest BCUT2D eigenvalue weighted by molar-refractivity contribution is 0.0153. The number of para-hydroxylation sites is 1. The number of nitrogens with zero attached hydrogens (tertiary/aromatic N) is 2. The van der Waals surface area contributed by atoms with Crippen LogP contribution < -0.4 is 0 Å². The van der Waals surface area contributed by atoms with Crippen LogP contribution in [0.25, 0.3) is 10.9 Å². The van der Waals surface area contributed by atoms with E-state index >= 15 is 0 Å². The molecular formula is C18H24N2O2. The van der Waals surface area contributed by atoms with Crippen molar-refractivity contribution in [3.8, 4) is 0 Å². The summed E-state index contributed by atoms with van der Waals surface area (Å²) in [6.07, 6.45) is 3.68. The van der Waals surface area contributed by atoms with E-state index in [4.69, 9.17) is 0 Å². The van der Waals surface area contributed by atoms with E-state index in [9.17, 15) is 9.90 Å². The van der Waals surface area contributed by atoms with Crippen molar-refractivity contribution >= 4 is 16.8 Å². The predicted octanol–water partition coefficient (Wildman–Crippen LogP) is 3.04. The summed E-state index contributed by atoms with van der Waals surface area (Å²) in [5.74, 6) is -0.0154. The van der Waals surface area contributed by atoms with E-state index in [-0.39, 0.29) is 5.91 Å². The number of fused-ring (bicyclic) bond motifs is 1. The lowest BCUT2D eigenvalue weighted by Gasteiger charge is -2.28. The Balaban J connectivity index is 1.88. The summed E-state index contributed by atoms with van der Waals surface area (Å²) in [6, 6.07) is 10.0. The molecule has 0 aliphatic heterocycles. The van der Waals surface area contributed by atoms with Gasteiger partial charge >= 0.3 is 0 Å². The third-order valence-electron chi connectivity index (χ3n) is 4.76. The molecule has 3 rings (SSSR count). The summed E-state index contributed by atoms with van der Waals surface area (Å²) < 4.78 is 2.05. The second kappa shape index (κ2) is 5.76. The Bertz CT molecular complexity index is 683. The second-order valence-electron chi connectivity index (χ2n) is 6.43. The molecule has 1 N–H and O–H groups in total. The van der Waals surface area contributed by atoms with E-state index < -0.39 is 5.60 Å². The Morgan fingerprint density at radius 3 is 2.68 bits per heavy atom. The van der Waals surface area contributed by atoms with Crippen LogP contribution in [0.15, 0.2) is 30.3 Å². The molecule has 0 saturated heterocycles. The van der Waals surface area contributed by atoms with Gasteiger partial charge in [-0.15, -0.1) is 0 Å². The lowest BCUT2D eigenvalue weighted by atomic mass is 10.0. The smallest absolute Gasteiger partial charge is 0.270 e. The highest BCUT2D eigenvalue weighted by Crippen LogP contribution is 2.30. The molecule has 1 aromatic carbocycles. The Kier molecular flexibility index (Phi) is 3.96. The van der Waals surface area contributed by atoms with Crippen LogP contribution in [0.1, 0.15) is 43.1 Å². The van der Waals surface area contributed by atoms with Crippen molar-refractivity contribution in [1.29, 1.82) is 0 Å². The van der Waals surface area contributed by atoms with Gasteiger partial charge in [0.25, 0.3) is 5.91 Å². The van der Waals surface area contributed by atoms with Gasteiger partial charge in [-0.25, -0.2) is 0 Å². The van der Waals surface area contributed by atoms with Crippen molar-refractivity contribution in [2.75, 3.05) is 13.6 Å². The zero-order valence-electron chi connectivity index (χ0n) is 13.4. The number of hydrogen-bond donors (Lipinski definition) is 1. The summed E-state index contributed by atoms with van der Waals surface area (Å²) in [7, 11) is 1.79. The number of carbonyl (C=O) groups excluding carboxylic acids is 1. The molecule has 1 aromatic heterocycles. The fourth-order valence-corrected chi connectivity index (χ4v) is 3.63. The van der Waals surface area contributed by atoms with Gasteiger partial charge in [-0.3, -0.25) is 4.79 Å². The van der Waals surface area contributed by atoms with Crippen LogP contribution in [0.4, 0.5) is 0 Å². The van der Waals surface area contributed by atoms with Crippen molar-refractivity contribution in [2.24, 2.45) is 0 Å². The molecule has 0 radical (unpaired) electrons. The maximum absolute atomic E-state index is 12.8. The molecule has 0 spiro atoms. The highest BCUT2D eigenvalue weighted by atomic mass is 16.3. The number of hydrogen-bond acceptors (Lipinski definition) is 2. The first-order valence-electron chi connectivity index (χ1n) is 8.10. The van der Waals surface area contributed by atoms with Crippen LogP contribution in [0, 0.1) is 0 Å². The van der Waals surface area contributed by atoms with E-state index in [2.05, 4.69) is 0 Å². The molecule has 1 aliphatic rings. The maximum atomic E-state index is 12.8. The van der Waals surface area contributed by atoms with Gasteiger partial charge in [0.05, 0.1) is 5.60 Å². The summed E-state index contributed by atoms with van der Waals surface area (Å²) in [6.45, 7) is 3.22. The van der Waals surface area contributed by atoms with Crippen LogP contribution >= 0.6 is 0 Å². The first-order valence-corrected chi connectivity index (χ1v) is 8.10. The molecule has 1 fully saturated rings. The number of carbonyl (C=O) groups is 1. The molecule has 4 nitrogen and oxygen atoms in total. The number of aromatic nitrogens is 1. The predicted molar refractivity (Wildman–Crippen MR) is 88.0 cm³/mol. The molecular weight excluding hydrogens is 276 g/mol. The van der Waals surface area contributed by atoms with E-state index in [0.29, 0.717) is 12.2 Å². The molecule has 2 aromatic rings. The molecule has 1 amide bonds. The van der Waals surface area contributed by atoms with Crippen LogP contribution in [0.2, 0.25) is 0 Å². The third-order valence-corrected chi connectivity index (χ3v) is 4.76. The molecule has 1 aliphatic carbocycles. The number of rotatable bonds is 4. The quantitative estimate of drug-likeness (QED) is 0.943. The van der Waals surface area contributed by atoms with Crippen molar-refractivity contribution in [3.05, 3.63) is 36.0 Å². The minimum absolute atomic E-state index is 0.0154. The van der Waals surface area contributed by atoms with Crippen LogP contribution in [0.3, 0.4) is 0 Å². The maximum Gasteiger partial charge on any atom is 0.270 e. The van der Waals surface area contributed by atoms with Crippen LogP contribution in [-0.4, -0.2) is 39.7 Å². The summed E-state index contributed by atoms with van der Waals surface area (Å²) in [5.41, 5.74) is 1.09. The molecule has 22 heavy (non-hydrogen) atoms. The zero-order valence-corrected chi connectivity index (χ0v) is 13.4. The fourth-order valence-electron chi connectivity index (χ4n) is 3.63. The van der Waals surface area contributed by atoms with Gasteiger partial charge in [0.15, 0.2) is 0 Å². The first-order chi connectivity index (χ1) is 10.5. The Hall–Kier alpha value is -1.81. The Labute approximate surface area is 131 Å². The zero-order chi connectivity index (χ0) is 15.7. The van der Waals surface area contributed by atoms with Gasteiger partial charge in [-0.2, -0.15) is 0 Å². The number of benzene rings is 1. The van der Waals surface area contributed by atoms with Gasteiger partial charge in [0.2, 0.25) is 0 Å². The minimum Gasteiger partial charge on any atom is -0.388 e. The topological polar surface area (TPSA) is 45.5 Å². The number of amides is 1. The van der Waals surface area contributed by atoms with Gasteiger partial charge < -0.3 is 14.6 Å². The van der Waals surface area contributed by atoms with E-state index in [1.54, 1.807) is 11.9 Å². The lowest BCUT2D eigenvalue weighted by Crippen LogP contribution is -2.42. The number of aliphatic hydroxyl groups is 1. The second-order valence-corrected chi connectivity index (χ2v) is 6.43. The summed E-state index contributed by atoms with van der Waals surface area (Å²) >= 11 is 0. The van der Waals surface area contributed by atoms with E-state index in [1.807, 2.05) is 41.8 Å². The van der Waals surface area contributed by atoms with Gasteiger partial charge in [-0.05, 0) is 31.9 Å². The Morgan fingerprint density at radius 2 is 2.00 bits per heavy atom. The van der Waals surface area contributed by atoms with Gasteiger partial charge in [0.1, 0.15) is 5.69 Å². The largest absolute Gasteiger partial charge is 0.388 e. The minimum atomic E-state index is -0.701. The summed E-state index contributed by atoms with van der Waals surface area (Å²) in [5, 5.41) is 11.6. The molecule has 0 unspecified atom stereocenters. The fraction of sp³-hybridized carbons (Fsp3) is 0.500. The highest BCUT2D eigenvalue weighted by molar-refractivity contribution is 5.98. The van der Waals surface area contributed by atoms with Crippen LogP contribution in [-0.2, 0) is 6.54 Å². The van der Waals surface area contributed by atoms with E-state index in [1.165, 1.54) is 0 Å². The third kappa shape index (κ3) is 2.63. The molecule has 1 heterocycles. The molecule has 4 heteroatoms.